The lowest BCUT2D eigenvalue weighted by Gasteiger charge is -2.38. The lowest BCUT2D eigenvalue weighted by atomic mass is 9.68. The Balaban J connectivity index is 0.814. The Hall–Kier alpha value is -5.49. The molecule has 2 N–H and O–H groups in total. The summed E-state index contributed by atoms with van der Waals surface area (Å²) in [5.41, 5.74) is 21.4. The highest BCUT2D eigenvalue weighted by Gasteiger charge is 2.46. The molecule has 0 spiro atoms. The Morgan fingerprint density at radius 2 is 0.705 bits per heavy atom. The van der Waals surface area contributed by atoms with E-state index in [1.807, 2.05) is 55.4 Å². The van der Waals surface area contributed by atoms with E-state index in [4.69, 9.17) is 9.31 Å². The summed E-state index contributed by atoms with van der Waals surface area (Å²) >= 11 is 0. The van der Waals surface area contributed by atoms with Gasteiger partial charge in [-0.25, -0.2) is 0 Å². The fraction of sp³-hybridized carbons (Fsp3) is 0.417. The predicted octanol–water partition coefficient (Wildman–Crippen LogP) is 14.0. The van der Waals surface area contributed by atoms with Crippen LogP contribution in [-0.4, -0.2) is 47.6 Å². The molecular weight excluding hydrogens is 950 g/mol. The highest BCUT2D eigenvalue weighted by Crippen LogP contribution is 2.57. The van der Waals surface area contributed by atoms with Crippen molar-refractivity contribution in [2.75, 3.05) is 0 Å². The fourth-order valence-corrected chi connectivity index (χ4v) is 13.5. The summed E-state index contributed by atoms with van der Waals surface area (Å²) in [6, 6.07) is 56.2. The van der Waals surface area contributed by atoms with Gasteiger partial charge in [-0.15, -0.1) is 0 Å². The Morgan fingerprint density at radius 1 is 0.385 bits per heavy atom. The number of hydrogen-bond donors (Lipinski definition) is 2. The lowest BCUT2D eigenvalue weighted by molar-refractivity contribution is -0.0893. The van der Waals surface area contributed by atoms with Gasteiger partial charge in [0.1, 0.15) is 0 Å². The van der Waals surface area contributed by atoms with Crippen LogP contribution in [0.3, 0.4) is 0 Å². The molecule has 0 amide bonds. The maximum atomic E-state index is 11.2. The molecule has 0 saturated carbocycles. The van der Waals surface area contributed by atoms with Crippen molar-refractivity contribution in [3.05, 3.63) is 212 Å². The van der Waals surface area contributed by atoms with Crippen molar-refractivity contribution in [2.24, 2.45) is 0 Å². The molecule has 0 aromatic heterocycles. The van der Waals surface area contributed by atoms with E-state index in [0.29, 0.717) is 15.0 Å². The molecule has 4 aliphatic carbocycles. The van der Waals surface area contributed by atoms with Crippen LogP contribution >= 0.6 is 0 Å². The molecule has 6 heteroatoms. The van der Waals surface area contributed by atoms with Crippen LogP contribution in [0.2, 0.25) is 0 Å². The monoisotopic (exact) mass is 1030 g/mol. The van der Waals surface area contributed by atoms with Crippen molar-refractivity contribution < 1.29 is 19.5 Å². The SMILES string of the molecule is CC(C)(O)C(C)(C)OBc1cc(CCCCCCC2(c3ccc4c(c3)CC4)c3ccccc3-c3ccccc32)c(BOC(C)(C)C(C)(C)O)cc1CCCCCCC1(c2ccc3c(c2)CC3)c2ccccc2-c2ccccc21. The van der Waals surface area contributed by atoms with Crippen molar-refractivity contribution in [1.82, 2.24) is 0 Å². The normalized spacial score (nSPS) is 15.5. The summed E-state index contributed by atoms with van der Waals surface area (Å²) in [6.45, 7) is 15.4. The van der Waals surface area contributed by atoms with E-state index in [2.05, 4.69) is 146 Å². The van der Waals surface area contributed by atoms with Gasteiger partial charge in [-0.2, -0.15) is 0 Å². The van der Waals surface area contributed by atoms with Gasteiger partial charge in [-0.3, -0.25) is 0 Å². The number of unbranched alkanes of at least 4 members (excludes halogenated alkanes) is 6. The van der Waals surface area contributed by atoms with Gasteiger partial charge in [-0.1, -0.05) is 195 Å². The van der Waals surface area contributed by atoms with Crippen LogP contribution in [-0.2, 0) is 58.7 Å². The molecule has 0 unspecified atom stereocenters. The van der Waals surface area contributed by atoms with Crippen LogP contribution in [0.1, 0.15) is 186 Å². The molecule has 78 heavy (non-hydrogen) atoms. The van der Waals surface area contributed by atoms with Crippen LogP contribution in [0.15, 0.2) is 146 Å². The minimum Gasteiger partial charge on any atom is -0.427 e. The Morgan fingerprint density at radius 3 is 1.01 bits per heavy atom. The third kappa shape index (κ3) is 10.0. The first kappa shape index (κ1) is 54.5. The first-order valence-corrected chi connectivity index (χ1v) is 29.9. The van der Waals surface area contributed by atoms with Crippen LogP contribution in [0, 0.1) is 0 Å². The van der Waals surface area contributed by atoms with Crippen molar-refractivity contribution in [3.8, 4) is 22.3 Å². The fourth-order valence-electron chi connectivity index (χ4n) is 13.5. The number of aryl methyl sites for hydroxylation is 6. The molecular formula is C72H84B2O4. The average Bonchev–Trinajstić information content (AvgIpc) is 3.52. The molecule has 11 rings (SSSR count). The highest BCUT2D eigenvalue weighted by atomic mass is 16.5. The van der Waals surface area contributed by atoms with Crippen molar-refractivity contribution in [1.29, 1.82) is 0 Å². The van der Waals surface area contributed by atoms with Gasteiger partial charge in [0, 0.05) is 10.8 Å². The van der Waals surface area contributed by atoms with Crippen molar-refractivity contribution >= 4 is 25.9 Å². The van der Waals surface area contributed by atoms with E-state index in [1.165, 1.54) is 126 Å². The number of rotatable bonds is 24. The first-order chi connectivity index (χ1) is 37.4. The second-order valence-electron chi connectivity index (χ2n) is 25.9. The number of hydrogen-bond acceptors (Lipinski definition) is 4. The topological polar surface area (TPSA) is 58.9 Å². The molecule has 0 bridgehead atoms. The maximum absolute atomic E-state index is 11.2. The molecule has 7 aromatic carbocycles. The smallest absolute Gasteiger partial charge is 0.309 e. The Labute approximate surface area is 469 Å². The zero-order chi connectivity index (χ0) is 54.5. The van der Waals surface area contributed by atoms with Crippen LogP contribution in [0.5, 0.6) is 0 Å². The van der Waals surface area contributed by atoms with Gasteiger partial charge in [0.25, 0.3) is 0 Å². The second kappa shape index (κ2) is 21.5. The second-order valence-corrected chi connectivity index (χ2v) is 25.9. The van der Waals surface area contributed by atoms with Gasteiger partial charge < -0.3 is 19.5 Å². The van der Waals surface area contributed by atoms with E-state index in [9.17, 15) is 10.2 Å². The van der Waals surface area contributed by atoms with E-state index in [1.54, 1.807) is 0 Å². The predicted molar refractivity (Wildman–Crippen MR) is 328 cm³/mol. The standard InChI is InChI=1S/C72H84B2O4/c1-67(2,75)69(5,6)77-73-65-47-54(26-14-10-12-24-44-72(56-42-40-50-36-38-52(50)46-56)63-33-21-17-29-59(63)60-30-18-22-34-64(60)72)66(74-78-70(7,8)68(3,4)76)48-53(65)25-13-9-11-23-43-71(55-41-39-49-35-37-51(49)45-55)61-31-19-15-27-57(61)58-28-16-20-32-62(58)71/h15-22,27-34,39-42,45-48,73-76H,9-14,23-26,35-38,43-44H2,1-8H3. The maximum Gasteiger partial charge on any atom is 0.309 e. The minimum atomic E-state index is -1.02. The summed E-state index contributed by atoms with van der Waals surface area (Å²) in [4.78, 5) is 0. The lowest BCUT2D eigenvalue weighted by Crippen LogP contribution is -2.50. The molecule has 4 nitrogen and oxygen atoms in total. The average molecular weight is 1040 g/mol. The first-order valence-electron chi connectivity index (χ1n) is 29.9. The molecule has 0 aliphatic heterocycles. The van der Waals surface area contributed by atoms with Gasteiger partial charge in [0.2, 0.25) is 0 Å². The van der Waals surface area contributed by atoms with E-state index in [-0.39, 0.29) is 10.8 Å². The van der Waals surface area contributed by atoms with Gasteiger partial charge in [-0.05, 0) is 208 Å². The Kier molecular flexibility index (Phi) is 15.0. The molecule has 0 atom stereocenters. The molecule has 402 valence electrons. The van der Waals surface area contributed by atoms with Gasteiger partial charge in [0.15, 0.2) is 0 Å². The van der Waals surface area contributed by atoms with Crippen LogP contribution < -0.4 is 10.9 Å². The van der Waals surface area contributed by atoms with E-state index < -0.39 is 22.4 Å². The summed E-state index contributed by atoms with van der Waals surface area (Å²) in [7, 11) is 0.844. The molecule has 0 heterocycles. The summed E-state index contributed by atoms with van der Waals surface area (Å²) in [5, 5.41) is 22.5. The van der Waals surface area contributed by atoms with Crippen molar-refractivity contribution in [2.45, 2.75) is 191 Å². The molecule has 4 aliphatic rings. The zero-order valence-electron chi connectivity index (χ0n) is 48.3. The van der Waals surface area contributed by atoms with Gasteiger partial charge in [0.05, 0.1) is 22.4 Å². The highest BCUT2D eigenvalue weighted by molar-refractivity contribution is 6.50. The summed E-state index contributed by atoms with van der Waals surface area (Å²) in [6.07, 6.45) is 17.7. The summed E-state index contributed by atoms with van der Waals surface area (Å²) in [5.74, 6) is 0. The quantitative estimate of drug-likeness (QED) is 0.0468. The minimum absolute atomic E-state index is 0.156. The van der Waals surface area contributed by atoms with E-state index in [0.717, 1.165) is 77.0 Å². The number of benzene rings is 7. The molecule has 0 fully saturated rings. The van der Waals surface area contributed by atoms with E-state index >= 15 is 0 Å². The number of aliphatic hydroxyl groups is 2. The summed E-state index contributed by atoms with van der Waals surface area (Å²) < 4.78 is 13.4. The van der Waals surface area contributed by atoms with Gasteiger partial charge >= 0.3 is 15.0 Å². The third-order valence-corrected chi connectivity index (χ3v) is 20.0. The van der Waals surface area contributed by atoms with Crippen molar-refractivity contribution in [3.63, 3.8) is 0 Å². The molecule has 7 aromatic rings. The third-order valence-electron chi connectivity index (χ3n) is 20.0. The molecule has 0 saturated heterocycles. The largest absolute Gasteiger partial charge is 0.427 e. The Bertz CT molecular complexity index is 3000. The van der Waals surface area contributed by atoms with Crippen LogP contribution in [0.25, 0.3) is 22.3 Å². The van der Waals surface area contributed by atoms with Crippen LogP contribution in [0.4, 0.5) is 0 Å². The zero-order valence-corrected chi connectivity index (χ0v) is 48.3. The number of fused-ring (bicyclic) bond motifs is 8. The molecule has 0 radical (unpaired) electrons.